The molecule has 2 saturated heterocycles. The maximum atomic E-state index is 12.7. The molecule has 2 amide bonds. The Hall–Kier alpha value is -2.08. The minimum atomic E-state index is -1.14. The van der Waals surface area contributed by atoms with Gasteiger partial charge in [0.25, 0.3) is 5.91 Å². The summed E-state index contributed by atoms with van der Waals surface area (Å²) in [5.74, 6) is 0.691. The Morgan fingerprint density at radius 2 is 1.88 bits per heavy atom. The largest absolute Gasteiger partial charge is 0.497 e. The number of ether oxygens (including phenoxy) is 1. The van der Waals surface area contributed by atoms with E-state index >= 15 is 0 Å². The average Bonchev–Trinajstić information content (AvgIpc) is 2.69. The number of nitrogens with zero attached hydrogens (tertiary/aromatic N) is 2. The van der Waals surface area contributed by atoms with Gasteiger partial charge in [-0.1, -0.05) is 12.1 Å². The molecule has 0 radical (unpaired) electrons. The van der Waals surface area contributed by atoms with Crippen molar-refractivity contribution in [3.05, 3.63) is 29.8 Å². The number of rotatable bonds is 4. The Morgan fingerprint density at radius 3 is 2.46 bits per heavy atom. The van der Waals surface area contributed by atoms with Crippen molar-refractivity contribution in [2.24, 2.45) is 5.41 Å². The van der Waals surface area contributed by atoms with Crippen molar-refractivity contribution in [2.75, 3.05) is 33.3 Å². The third-order valence-corrected chi connectivity index (χ3v) is 5.93. The highest BCUT2D eigenvalue weighted by Crippen LogP contribution is 2.40. The lowest BCUT2D eigenvalue weighted by molar-refractivity contribution is -0.147. The second-order valence-electron chi connectivity index (χ2n) is 7.41. The van der Waals surface area contributed by atoms with Crippen LogP contribution in [0.15, 0.2) is 24.3 Å². The fourth-order valence-electron chi connectivity index (χ4n) is 4.10. The number of aliphatic hydroxyl groups excluding tert-OH is 1. The topological polar surface area (TPSA) is 70.1 Å². The fourth-order valence-corrected chi connectivity index (χ4v) is 4.10. The molecule has 1 spiro atoms. The second kappa shape index (κ2) is 7.66. The number of likely N-dealkylation sites (tertiary alicyclic amines) is 2. The van der Waals surface area contributed by atoms with Gasteiger partial charge in [0.2, 0.25) is 5.91 Å². The van der Waals surface area contributed by atoms with Gasteiger partial charge >= 0.3 is 0 Å². The van der Waals surface area contributed by atoms with E-state index in [4.69, 9.17) is 4.74 Å². The molecule has 26 heavy (non-hydrogen) atoms. The van der Waals surface area contributed by atoms with Crippen LogP contribution in [0.25, 0.3) is 0 Å². The van der Waals surface area contributed by atoms with Crippen molar-refractivity contribution in [3.8, 4) is 5.75 Å². The zero-order valence-corrected chi connectivity index (χ0v) is 15.6. The summed E-state index contributed by atoms with van der Waals surface area (Å²) in [5, 5.41) is 10.4. The molecule has 6 heteroatoms. The van der Waals surface area contributed by atoms with Gasteiger partial charge in [-0.05, 0) is 49.3 Å². The van der Waals surface area contributed by atoms with Crippen LogP contribution in [0.4, 0.5) is 0 Å². The van der Waals surface area contributed by atoms with Crippen LogP contribution in [0.1, 0.15) is 44.3 Å². The predicted octanol–water partition coefficient (Wildman–Crippen LogP) is 1.98. The molecule has 2 aliphatic heterocycles. The van der Waals surface area contributed by atoms with Crippen LogP contribution in [-0.4, -0.2) is 60.0 Å². The number of benzene rings is 1. The summed E-state index contributed by atoms with van der Waals surface area (Å²) in [6.45, 7) is 4.83. The fraction of sp³-hybridized carbons (Fsp3) is 0.600. The Kier molecular flexibility index (Phi) is 5.51. The minimum Gasteiger partial charge on any atom is -0.497 e. The molecule has 142 valence electrons. The third kappa shape index (κ3) is 3.70. The van der Waals surface area contributed by atoms with E-state index in [-0.39, 0.29) is 17.2 Å². The first-order valence-corrected chi connectivity index (χ1v) is 9.36. The van der Waals surface area contributed by atoms with Gasteiger partial charge in [-0.25, -0.2) is 0 Å². The van der Waals surface area contributed by atoms with Gasteiger partial charge in [-0.15, -0.1) is 0 Å². The quantitative estimate of drug-likeness (QED) is 0.891. The number of amides is 2. The zero-order chi connectivity index (χ0) is 18.7. The van der Waals surface area contributed by atoms with Gasteiger partial charge in [0.05, 0.1) is 7.11 Å². The average molecular weight is 360 g/mol. The van der Waals surface area contributed by atoms with Gasteiger partial charge < -0.3 is 19.6 Å². The van der Waals surface area contributed by atoms with Crippen LogP contribution < -0.4 is 4.74 Å². The van der Waals surface area contributed by atoms with E-state index in [2.05, 4.69) is 0 Å². The Morgan fingerprint density at radius 1 is 1.23 bits per heavy atom. The van der Waals surface area contributed by atoms with E-state index < -0.39 is 6.10 Å². The monoisotopic (exact) mass is 360 g/mol. The highest BCUT2D eigenvalue weighted by molar-refractivity contribution is 5.82. The van der Waals surface area contributed by atoms with E-state index in [9.17, 15) is 14.7 Å². The van der Waals surface area contributed by atoms with E-state index in [0.717, 1.165) is 32.4 Å². The molecule has 0 aromatic heterocycles. The molecular formula is C20H28N2O4. The molecule has 0 bridgehead atoms. The first-order chi connectivity index (χ1) is 12.5. The molecule has 1 N–H and O–H groups in total. The Bertz CT molecular complexity index is 650. The maximum Gasteiger partial charge on any atom is 0.256 e. The van der Waals surface area contributed by atoms with Gasteiger partial charge in [-0.3, -0.25) is 9.59 Å². The minimum absolute atomic E-state index is 0.131. The third-order valence-electron chi connectivity index (χ3n) is 5.93. The smallest absolute Gasteiger partial charge is 0.256 e. The zero-order valence-electron chi connectivity index (χ0n) is 15.6. The summed E-state index contributed by atoms with van der Waals surface area (Å²) in [7, 11) is 1.58. The van der Waals surface area contributed by atoms with Crippen LogP contribution in [-0.2, 0) is 9.59 Å². The number of hydrogen-bond donors (Lipinski definition) is 1. The highest BCUT2D eigenvalue weighted by atomic mass is 16.5. The molecule has 6 nitrogen and oxygen atoms in total. The second-order valence-corrected chi connectivity index (χ2v) is 7.41. The van der Waals surface area contributed by atoms with E-state index in [0.29, 0.717) is 30.8 Å². The molecular weight excluding hydrogens is 332 g/mol. The van der Waals surface area contributed by atoms with E-state index in [1.807, 2.05) is 11.8 Å². The SMILES string of the molecule is CCN1CC2(CCC1=O)CCN(C(=O)C(O)c1ccc(OC)cc1)CC2. The Balaban J connectivity index is 1.60. The summed E-state index contributed by atoms with van der Waals surface area (Å²) in [5.41, 5.74) is 0.711. The van der Waals surface area contributed by atoms with Crippen LogP contribution in [0.2, 0.25) is 0 Å². The molecule has 0 aliphatic carbocycles. The molecule has 2 fully saturated rings. The van der Waals surface area contributed by atoms with Crippen molar-refractivity contribution in [2.45, 2.75) is 38.7 Å². The molecule has 1 atom stereocenters. The van der Waals surface area contributed by atoms with Crippen molar-refractivity contribution in [1.29, 1.82) is 0 Å². The highest BCUT2D eigenvalue weighted by Gasteiger charge is 2.41. The van der Waals surface area contributed by atoms with Gasteiger partial charge in [0, 0.05) is 32.6 Å². The van der Waals surface area contributed by atoms with Crippen molar-refractivity contribution in [1.82, 2.24) is 9.80 Å². The summed E-state index contributed by atoms with van der Waals surface area (Å²) >= 11 is 0. The number of piperidine rings is 2. The molecule has 3 rings (SSSR count). The maximum absolute atomic E-state index is 12.7. The van der Waals surface area contributed by atoms with E-state index in [1.54, 1.807) is 36.3 Å². The molecule has 1 aromatic rings. The molecule has 0 saturated carbocycles. The number of methoxy groups -OCH3 is 1. The standard InChI is InChI=1S/C20H28N2O4/c1-3-21-14-20(9-8-17(21)23)10-12-22(13-11-20)19(25)18(24)15-4-6-16(26-2)7-5-15/h4-7,18,24H,3,8-14H2,1-2H3. The molecule has 1 aromatic carbocycles. The van der Waals surface area contributed by atoms with Crippen molar-refractivity contribution >= 4 is 11.8 Å². The normalized spacial score (nSPS) is 21.0. The summed E-state index contributed by atoms with van der Waals surface area (Å²) < 4.78 is 5.11. The summed E-state index contributed by atoms with van der Waals surface area (Å²) in [6.07, 6.45) is 2.15. The van der Waals surface area contributed by atoms with Crippen LogP contribution in [0.5, 0.6) is 5.75 Å². The first-order valence-electron chi connectivity index (χ1n) is 9.36. The van der Waals surface area contributed by atoms with Crippen LogP contribution in [0.3, 0.4) is 0 Å². The number of aliphatic hydroxyl groups is 1. The lowest BCUT2D eigenvalue weighted by Gasteiger charge is -2.47. The molecule has 2 aliphatic rings. The lowest BCUT2D eigenvalue weighted by atomic mass is 9.72. The Labute approximate surface area is 154 Å². The predicted molar refractivity (Wildman–Crippen MR) is 97.7 cm³/mol. The number of carbonyl (C=O) groups excluding carboxylic acids is 2. The van der Waals surface area contributed by atoms with Gasteiger partial charge in [0.1, 0.15) is 5.75 Å². The van der Waals surface area contributed by atoms with Crippen molar-refractivity contribution in [3.63, 3.8) is 0 Å². The van der Waals surface area contributed by atoms with Crippen LogP contribution in [0, 0.1) is 5.41 Å². The van der Waals surface area contributed by atoms with Crippen molar-refractivity contribution < 1.29 is 19.4 Å². The molecule has 1 unspecified atom stereocenters. The van der Waals surface area contributed by atoms with Gasteiger partial charge in [0.15, 0.2) is 6.10 Å². The number of hydrogen-bond acceptors (Lipinski definition) is 4. The lowest BCUT2D eigenvalue weighted by Crippen LogP contribution is -2.52. The summed E-state index contributed by atoms with van der Waals surface area (Å²) in [6, 6.07) is 6.93. The van der Waals surface area contributed by atoms with Gasteiger partial charge in [-0.2, -0.15) is 0 Å². The summed E-state index contributed by atoms with van der Waals surface area (Å²) in [4.78, 5) is 28.3. The number of carbonyl (C=O) groups is 2. The van der Waals surface area contributed by atoms with Crippen LogP contribution >= 0.6 is 0 Å². The van der Waals surface area contributed by atoms with E-state index in [1.165, 1.54) is 0 Å². The molecule has 2 heterocycles. The first kappa shape index (κ1) is 18.7.